The van der Waals surface area contributed by atoms with Crippen LogP contribution in [0.15, 0.2) is 53.7 Å². The predicted octanol–water partition coefficient (Wildman–Crippen LogP) is 3.57. The van der Waals surface area contributed by atoms with Crippen molar-refractivity contribution in [2.75, 3.05) is 0 Å². The number of halogens is 3. The Morgan fingerprint density at radius 3 is 2.29 bits per heavy atom. The van der Waals surface area contributed by atoms with Gasteiger partial charge in [-0.25, -0.2) is 0 Å². The Labute approximate surface area is 135 Å². The van der Waals surface area contributed by atoms with E-state index in [4.69, 9.17) is 0 Å². The summed E-state index contributed by atoms with van der Waals surface area (Å²) in [6.07, 6.45) is 0.697. The fourth-order valence-corrected chi connectivity index (χ4v) is 2.50. The van der Waals surface area contributed by atoms with Crippen molar-refractivity contribution >= 4 is 0 Å². The molecule has 0 unspecified atom stereocenters. The first-order valence-corrected chi connectivity index (χ1v) is 7.15. The second-order valence-corrected chi connectivity index (χ2v) is 5.53. The molecule has 2 aromatic heterocycles. The molecule has 4 nitrogen and oxygen atoms in total. The van der Waals surface area contributed by atoms with Crippen LogP contribution >= 0.6 is 0 Å². The Balaban J connectivity index is 2.10. The molecule has 0 saturated heterocycles. The Hall–Kier alpha value is -2.83. The number of nitrogens with zero attached hydrogens (tertiary/aromatic N) is 3. The van der Waals surface area contributed by atoms with Crippen LogP contribution in [0.1, 0.15) is 11.1 Å². The van der Waals surface area contributed by atoms with Crippen molar-refractivity contribution in [3.05, 3.63) is 70.4 Å². The van der Waals surface area contributed by atoms with Gasteiger partial charge in [0.25, 0.3) is 5.56 Å². The number of aromatic nitrogens is 3. The molecule has 0 N–H and O–H groups in total. The zero-order chi connectivity index (χ0) is 17.5. The summed E-state index contributed by atoms with van der Waals surface area (Å²) in [5, 5.41) is 4.10. The molecule has 3 aromatic rings. The Bertz CT molecular complexity index is 937. The SMILES string of the molecule is Cc1cc(=O)n(-c2ccc(C(F)(F)F)cc2)cc1-c1cnn(C)c1. The number of rotatable bonds is 2. The molecule has 0 bridgehead atoms. The smallest absolute Gasteiger partial charge is 0.284 e. The first-order valence-electron chi connectivity index (χ1n) is 7.15. The van der Waals surface area contributed by atoms with E-state index in [0.717, 1.165) is 28.8 Å². The zero-order valence-corrected chi connectivity index (χ0v) is 13.0. The molecule has 1 aromatic carbocycles. The molecule has 2 heterocycles. The number of alkyl halides is 3. The fraction of sp³-hybridized carbons (Fsp3) is 0.176. The highest BCUT2D eigenvalue weighted by atomic mass is 19.4. The normalized spacial score (nSPS) is 11.7. The Morgan fingerprint density at radius 1 is 1.08 bits per heavy atom. The maximum Gasteiger partial charge on any atom is 0.416 e. The molecule has 0 aliphatic rings. The van der Waals surface area contributed by atoms with Crippen molar-refractivity contribution in [1.82, 2.24) is 14.3 Å². The van der Waals surface area contributed by atoms with Crippen LogP contribution in [0.5, 0.6) is 0 Å². The van der Waals surface area contributed by atoms with E-state index in [1.165, 1.54) is 22.8 Å². The lowest BCUT2D eigenvalue weighted by molar-refractivity contribution is -0.137. The van der Waals surface area contributed by atoms with Gasteiger partial charge in [0.05, 0.1) is 11.8 Å². The van der Waals surface area contributed by atoms with Crippen molar-refractivity contribution in [3.63, 3.8) is 0 Å². The Morgan fingerprint density at radius 2 is 1.75 bits per heavy atom. The predicted molar refractivity (Wildman–Crippen MR) is 84.0 cm³/mol. The second-order valence-electron chi connectivity index (χ2n) is 5.53. The van der Waals surface area contributed by atoms with Crippen molar-refractivity contribution in [2.45, 2.75) is 13.1 Å². The zero-order valence-electron chi connectivity index (χ0n) is 13.0. The summed E-state index contributed by atoms with van der Waals surface area (Å²) in [7, 11) is 1.78. The van der Waals surface area contributed by atoms with Crippen LogP contribution in [0.25, 0.3) is 16.8 Å². The highest BCUT2D eigenvalue weighted by molar-refractivity contribution is 5.65. The van der Waals surface area contributed by atoms with E-state index in [2.05, 4.69) is 5.10 Å². The lowest BCUT2D eigenvalue weighted by Crippen LogP contribution is -2.18. The Kier molecular flexibility index (Phi) is 3.79. The molecule has 3 rings (SSSR count). The summed E-state index contributed by atoms with van der Waals surface area (Å²) in [5.41, 5.74) is 1.71. The third kappa shape index (κ3) is 2.97. The molecule has 0 atom stereocenters. The van der Waals surface area contributed by atoms with Gasteiger partial charge in [-0.15, -0.1) is 0 Å². The van der Waals surface area contributed by atoms with Crippen molar-refractivity contribution in [3.8, 4) is 16.8 Å². The van der Waals surface area contributed by atoms with Gasteiger partial charge in [0.1, 0.15) is 0 Å². The van der Waals surface area contributed by atoms with Crippen LogP contribution in [-0.4, -0.2) is 14.3 Å². The van der Waals surface area contributed by atoms with Gasteiger partial charge in [0, 0.05) is 42.3 Å². The fourth-order valence-electron chi connectivity index (χ4n) is 2.50. The van der Waals surface area contributed by atoms with Gasteiger partial charge in [0.2, 0.25) is 0 Å². The summed E-state index contributed by atoms with van der Waals surface area (Å²) in [6, 6.07) is 5.95. The molecule has 0 fully saturated rings. The van der Waals surface area contributed by atoms with Crippen LogP contribution in [0, 0.1) is 6.92 Å². The number of aryl methyl sites for hydroxylation is 2. The largest absolute Gasteiger partial charge is 0.416 e. The van der Waals surface area contributed by atoms with E-state index in [1.807, 2.05) is 6.20 Å². The van der Waals surface area contributed by atoms with Crippen LogP contribution < -0.4 is 5.56 Å². The molecule has 0 aliphatic carbocycles. The average Bonchev–Trinajstić information content (AvgIpc) is 2.93. The van der Waals surface area contributed by atoms with E-state index >= 15 is 0 Å². The minimum Gasteiger partial charge on any atom is -0.284 e. The van der Waals surface area contributed by atoms with Crippen molar-refractivity contribution < 1.29 is 13.2 Å². The molecular weight excluding hydrogens is 319 g/mol. The van der Waals surface area contributed by atoms with Gasteiger partial charge in [-0.1, -0.05) is 0 Å². The standard InChI is InChI=1S/C17H14F3N3O/c1-11-7-16(24)23(10-15(11)12-8-21-22(2)9-12)14-5-3-13(4-6-14)17(18,19)20/h3-10H,1-2H3. The second kappa shape index (κ2) is 5.67. The quantitative estimate of drug-likeness (QED) is 0.719. The molecule has 0 aliphatic heterocycles. The summed E-state index contributed by atoms with van der Waals surface area (Å²) >= 11 is 0. The molecule has 0 saturated carbocycles. The van der Waals surface area contributed by atoms with Crippen molar-refractivity contribution in [2.24, 2.45) is 7.05 Å². The van der Waals surface area contributed by atoms with Gasteiger partial charge < -0.3 is 0 Å². The van der Waals surface area contributed by atoms with E-state index < -0.39 is 11.7 Å². The molecular formula is C17H14F3N3O. The first-order chi connectivity index (χ1) is 11.3. The highest BCUT2D eigenvalue weighted by Crippen LogP contribution is 2.29. The van der Waals surface area contributed by atoms with Gasteiger partial charge in [0.15, 0.2) is 0 Å². The average molecular weight is 333 g/mol. The van der Waals surface area contributed by atoms with E-state index in [1.54, 1.807) is 31.0 Å². The summed E-state index contributed by atoms with van der Waals surface area (Å²) in [5.74, 6) is 0. The highest BCUT2D eigenvalue weighted by Gasteiger charge is 2.30. The van der Waals surface area contributed by atoms with E-state index in [-0.39, 0.29) is 5.56 Å². The van der Waals surface area contributed by atoms with Gasteiger partial charge in [-0.2, -0.15) is 18.3 Å². The van der Waals surface area contributed by atoms with Gasteiger partial charge >= 0.3 is 6.18 Å². The monoisotopic (exact) mass is 333 g/mol. The first kappa shape index (κ1) is 16.0. The van der Waals surface area contributed by atoms with Crippen LogP contribution in [0.2, 0.25) is 0 Å². The number of hydrogen-bond donors (Lipinski definition) is 0. The number of benzene rings is 1. The molecule has 0 radical (unpaired) electrons. The van der Waals surface area contributed by atoms with Crippen LogP contribution in [0.4, 0.5) is 13.2 Å². The summed E-state index contributed by atoms with van der Waals surface area (Å²) in [4.78, 5) is 12.2. The third-order valence-electron chi connectivity index (χ3n) is 3.75. The van der Waals surface area contributed by atoms with Gasteiger partial charge in [-0.3, -0.25) is 14.0 Å². The summed E-state index contributed by atoms with van der Waals surface area (Å²) in [6.45, 7) is 1.81. The van der Waals surface area contributed by atoms with E-state index in [9.17, 15) is 18.0 Å². The minimum atomic E-state index is -4.41. The molecule has 0 amide bonds. The van der Waals surface area contributed by atoms with E-state index in [0.29, 0.717) is 5.69 Å². The lowest BCUT2D eigenvalue weighted by Gasteiger charge is -2.12. The van der Waals surface area contributed by atoms with Crippen LogP contribution in [-0.2, 0) is 13.2 Å². The van der Waals surface area contributed by atoms with Crippen LogP contribution in [0.3, 0.4) is 0 Å². The molecule has 7 heteroatoms. The van der Waals surface area contributed by atoms with Gasteiger partial charge in [-0.05, 0) is 36.8 Å². The maximum atomic E-state index is 12.7. The van der Waals surface area contributed by atoms with Crippen molar-refractivity contribution in [1.29, 1.82) is 0 Å². The number of pyridine rings is 1. The molecule has 24 heavy (non-hydrogen) atoms. The number of hydrogen-bond acceptors (Lipinski definition) is 2. The topological polar surface area (TPSA) is 39.8 Å². The maximum absolute atomic E-state index is 12.7. The molecule has 124 valence electrons. The lowest BCUT2D eigenvalue weighted by atomic mass is 10.1. The third-order valence-corrected chi connectivity index (χ3v) is 3.75. The minimum absolute atomic E-state index is 0.306. The molecule has 0 spiro atoms. The summed E-state index contributed by atoms with van der Waals surface area (Å²) < 4.78 is 41.0.